The molecule has 3 heteroatoms. The highest BCUT2D eigenvalue weighted by Gasteiger charge is 2.07. The molecule has 1 aromatic carbocycles. The lowest BCUT2D eigenvalue weighted by Gasteiger charge is -2.03. The number of nitrogens with one attached hydrogen (secondary N) is 1. The van der Waals surface area contributed by atoms with Crippen LogP contribution in [0.25, 0.3) is 10.9 Å². The van der Waals surface area contributed by atoms with Crippen molar-refractivity contribution in [2.75, 3.05) is 20.3 Å². The number of para-hydroxylation sites is 1. The SMILES string of the molecule is C=C(C)Cn1cc(CNCCOC)c2ccccc21. The first kappa shape index (κ1) is 13.8. The lowest BCUT2D eigenvalue weighted by molar-refractivity contribution is 0.199. The van der Waals surface area contributed by atoms with Gasteiger partial charge in [-0.2, -0.15) is 0 Å². The Kier molecular flexibility index (Phi) is 4.77. The predicted octanol–water partition coefficient (Wildman–Crippen LogP) is 2.95. The molecule has 0 amide bonds. The first-order valence-electron chi connectivity index (χ1n) is 6.63. The van der Waals surface area contributed by atoms with Crippen LogP contribution in [-0.2, 0) is 17.8 Å². The lowest BCUT2D eigenvalue weighted by Crippen LogP contribution is -2.18. The van der Waals surface area contributed by atoms with Gasteiger partial charge in [0.15, 0.2) is 0 Å². The second-order valence-corrected chi connectivity index (χ2v) is 4.93. The van der Waals surface area contributed by atoms with Crippen LogP contribution in [0.1, 0.15) is 12.5 Å². The molecule has 2 aromatic rings. The molecule has 0 aliphatic carbocycles. The third-order valence-electron chi connectivity index (χ3n) is 3.11. The summed E-state index contributed by atoms with van der Waals surface area (Å²) in [5.41, 5.74) is 3.77. The van der Waals surface area contributed by atoms with E-state index in [9.17, 15) is 0 Å². The van der Waals surface area contributed by atoms with Crippen molar-refractivity contribution < 1.29 is 4.74 Å². The zero-order valence-corrected chi connectivity index (χ0v) is 11.8. The molecule has 19 heavy (non-hydrogen) atoms. The number of benzene rings is 1. The average molecular weight is 258 g/mol. The van der Waals surface area contributed by atoms with E-state index in [0.29, 0.717) is 0 Å². The Hall–Kier alpha value is -1.58. The fraction of sp³-hybridized carbons (Fsp3) is 0.375. The highest BCUT2D eigenvalue weighted by atomic mass is 16.5. The molecule has 3 nitrogen and oxygen atoms in total. The fourth-order valence-corrected chi connectivity index (χ4v) is 2.28. The van der Waals surface area contributed by atoms with E-state index >= 15 is 0 Å². The summed E-state index contributed by atoms with van der Waals surface area (Å²) in [7, 11) is 1.72. The van der Waals surface area contributed by atoms with E-state index in [1.165, 1.54) is 22.0 Å². The van der Waals surface area contributed by atoms with E-state index in [2.05, 4.69) is 53.8 Å². The molecule has 0 saturated heterocycles. The van der Waals surface area contributed by atoms with Gasteiger partial charge in [-0.3, -0.25) is 0 Å². The minimum absolute atomic E-state index is 0.740. The molecule has 0 bridgehead atoms. The van der Waals surface area contributed by atoms with Crippen molar-refractivity contribution in [2.45, 2.75) is 20.0 Å². The molecule has 1 N–H and O–H groups in total. The van der Waals surface area contributed by atoms with E-state index in [4.69, 9.17) is 4.74 Å². The van der Waals surface area contributed by atoms with Crippen LogP contribution in [0.15, 0.2) is 42.6 Å². The monoisotopic (exact) mass is 258 g/mol. The van der Waals surface area contributed by atoms with Gasteiger partial charge >= 0.3 is 0 Å². The zero-order chi connectivity index (χ0) is 13.7. The molecule has 1 heterocycles. The van der Waals surface area contributed by atoms with Crippen molar-refractivity contribution in [3.63, 3.8) is 0 Å². The van der Waals surface area contributed by atoms with Gasteiger partial charge in [-0.1, -0.05) is 30.4 Å². The highest BCUT2D eigenvalue weighted by Crippen LogP contribution is 2.22. The first-order valence-corrected chi connectivity index (χ1v) is 6.63. The smallest absolute Gasteiger partial charge is 0.0587 e. The molecule has 2 rings (SSSR count). The van der Waals surface area contributed by atoms with Crippen molar-refractivity contribution in [1.82, 2.24) is 9.88 Å². The summed E-state index contributed by atoms with van der Waals surface area (Å²) in [6.45, 7) is 9.41. The van der Waals surface area contributed by atoms with Crippen molar-refractivity contribution in [3.8, 4) is 0 Å². The van der Waals surface area contributed by atoms with Crippen LogP contribution in [0.3, 0.4) is 0 Å². The molecule has 0 fully saturated rings. The van der Waals surface area contributed by atoms with Crippen LogP contribution in [-0.4, -0.2) is 24.8 Å². The molecule has 0 radical (unpaired) electrons. The fourth-order valence-electron chi connectivity index (χ4n) is 2.28. The molecule has 0 unspecified atom stereocenters. The Morgan fingerprint density at radius 3 is 2.89 bits per heavy atom. The summed E-state index contributed by atoms with van der Waals surface area (Å²) < 4.78 is 7.31. The van der Waals surface area contributed by atoms with Crippen LogP contribution in [0.4, 0.5) is 0 Å². The minimum Gasteiger partial charge on any atom is -0.383 e. The minimum atomic E-state index is 0.740. The van der Waals surface area contributed by atoms with E-state index in [1.807, 2.05) is 0 Å². The van der Waals surface area contributed by atoms with E-state index in [0.717, 1.165) is 26.2 Å². The number of aromatic nitrogens is 1. The predicted molar refractivity (Wildman–Crippen MR) is 80.3 cm³/mol. The summed E-state index contributed by atoms with van der Waals surface area (Å²) in [4.78, 5) is 0. The van der Waals surface area contributed by atoms with Gasteiger partial charge in [0, 0.05) is 43.8 Å². The van der Waals surface area contributed by atoms with Crippen LogP contribution < -0.4 is 5.32 Å². The quantitative estimate of drug-likeness (QED) is 0.610. The maximum absolute atomic E-state index is 5.05. The maximum Gasteiger partial charge on any atom is 0.0587 e. The third-order valence-corrected chi connectivity index (χ3v) is 3.11. The molecule has 0 saturated carbocycles. The highest BCUT2D eigenvalue weighted by molar-refractivity contribution is 5.84. The Labute approximate surface area is 114 Å². The van der Waals surface area contributed by atoms with Crippen molar-refractivity contribution in [1.29, 1.82) is 0 Å². The zero-order valence-electron chi connectivity index (χ0n) is 11.8. The van der Waals surface area contributed by atoms with Crippen molar-refractivity contribution >= 4 is 10.9 Å². The van der Waals surface area contributed by atoms with Gasteiger partial charge in [0.2, 0.25) is 0 Å². The van der Waals surface area contributed by atoms with Gasteiger partial charge in [0.1, 0.15) is 0 Å². The number of methoxy groups -OCH3 is 1. The molecule has 0 atom stereocenters. The Morgan fingerprint density at radius 2 is 2.16 bits per heavy atom. The van der Waals surface area contributed by atoms with Crippen molar-refractivity contribution in [2.24, 2.45) is 0 Å². The third kappa shape index (κ3) is 3.46. The maximum atomic E-state index is 5.05. The van der Waals surface area contributed by atoms with Gasteiger partial charge < -0.3 is 14.6 Å². The normalized spacial score (nSPS) is 11.1. The molecule has 0 aliphatic heterocycles. The number of hydrogen-bond acceptors (Lipinski definition) is 2. The molecular weight excluding hydrogens is 236 g/mol. The number of allylic oxidation sites excluding steroid dienone is 1. The largest absolute Gasteiger partial charge is 0.383 e. The summed E-state index contributed by atoms with van der Waals surface area (Å²) in [5, 5.41) is 4.71. The second kappa shape index (κ2) is 6.55. The van der Waals surface area contributed by atoms with Crippen LogP contribution in [0, 0.1) is 0 Å². The van der Waals surface area contributed by atoms with E-state index in [1.54, 1.807) is 7.11 Å². The Morgan fingerprint density at radius 1 is 1.37 bits per heavy atom. The molecule has 0 spiro atoms. The summed E-state index contributed by atoms with van der Waals surface area (Å²) in [5.74, 6) is 0. The summed E-state index contributed by atoms with van der Waals surface area (Å²) >= 11 is 0. The Balaban J connectivity index is 2.20. The van der Waals surface area contributed by atoms with Gasteiger partial charge in [-0.25, -0.2) is 0 Å². The van der Waals surface area contributed by atoms with Gasteiger partial charge in [0.25, 0.3) is 0 Å². The summed E-state index contributed by atoms with van der Waals surface area (Å²) in [6.07, 6.45) is 2.22. The average Bonchev–Trinajstić information content (AvgIpc) is 2.73. The van der Waals surface area contributed by atoms with Gasteiger partial charge in [-0.15, -0.1) is 0 Å². The first-order chi connectivity index (χ1) is 9.22. The molecule has 0 aliphatic rings. The Bertz CT molecular complexity index is 557. The second-order valence-electron chi connectivity index (χ2n) is 4.93. The topological polar surface area (TPSA) is 26.2 Å². The van der Waals surface area contributed by atoms with Crippen LogP contribution >= 0.6 is 0 Å². The number of nitrogens with zero attached hydrogens (tertiary/aromatic N) is 1. The number of ether oxygens (including phenoxy) is 1. The van der Waals surface area contributed by atoms with Gasteiger partial charge in [-0.05, 0) is 18.6 Å². The van der Waals surface area contributed by atoms with Gasteiger partial charge in [0.05, 0.1) is 6.61 Å². The number of hydrogen-bond donors (Lipinski definition) is 1. The van der Waals surface area contributed by atoms with Crippen molar-refractivity contribution in [3.05, 3.63) is 48.2 Å². The standard InChI is InChI=1S/C16H22N2O/c1-13(2)11-18-12-14(10-17-8-9-19-3)15-6-4-5-7-16(15)18/h4-7,12,17H,1,8-11H2,2-3H3. The van der Waals surface area contributed by atoms with Crippen LogP contribution in [0.2, 0.25) is 0 Å². The molecule has 1 aromatic heterocycles. The van der Waals surface area contributed by atoms with Crippen LogP contribution in [0.5, 0.6) is 0 Å². The van der Waals surface area contributed by atoms with E-state index in [-0.39, 0.29) is 0 Å². The lowest BCUT2D eigenvalue weighted by atomic mass is 10.2. The number of rotatable bonds is 7. The molecular formula is C16H22N2O. The molecule has 102 valence electrons. The number of fused-ring (bicyclic) bond motifs is 1. The summed E-state index contributed by atoms with van der Waals surface area (Å²) in [6, 6.07) is 8.51. The van der Waals surface area contributed by atoms with E-state index < -0.39 is 0 Å².